The van der Waals surface area contributed by atoms with E-state index in [1.165, 1.54) is 0 Å². The topological polar surface area (TPSA) is 62.7 Å². The minimum absolute atomic E-state index is 0.251. The number of ether oxygens (including phenoxy) is 1. The minimum atomic E-state index is -0.731. The van der Waals surface area contributed by atoms with Gasteiger partial charge in [-0.15, -0.1) is 0 Å². The zero-order chi connectivity index (χ0) is 17.1. The minimum Gasteiger partial charge on any atom is -0.487 e. The van der Waals surface area contributed by atoms with E-state index in [0.717, 1.165) is 11.3 Å². The van der Waals surface area contributed by atoms with E-state index in [4.69, 9.17) is 33.0 Å². The summed E-state index contributed by atoms with van der Waals surface area (Å²) < 4.78 is 5.68. The molecule has 1 aliphatic heterocycles. The van der Waals surface area contributed by atoms with Gasteiger partial charge in [0.25, 0.3) is 0 Å². The highest BCUT2D eigenvalue weighted by Gasteiger charge is 2.32. The third kappa shape index (κ3) is 4.17. The average Bonchev–Trinajstić information content (AvgIpc) is 2.52. The fourth-order valence-electron chi connectivity index (χ4n) is 2.47. The Kier molecular flexibility index (Phi) is 5.23. The fourth-order valence-corrected chi connectivity index (χ4v) is 2.79. The van der Waals surface area contributed by atoms with Crippen molar-refractivity contribution in [2.75, 3.05) is 13.1 Å². The molecule has 3 rings (SSSR count). The lowest BCUT2D eigenvalue weighted by molar-refractivity contribution is -0.147. The lowest BCUT2D eigenvalue weighted by Gasteiger charge is -2.36. The molecular weight excluding hydrogens is 351 g/mol. The Balaban J connectivity index is 1.49. The summed E-state index contributed by atoms with van der Waals surface area (Å²) in [6.45, 7) is 2.18. The summed E-state index contributed by atoms with van der Waals surface area (Å²) in [5.41, 5.74) is 1.81. The molecular formula is C17H16Cl2N2O3. The number of carboxylic acids is 1. The molecule has 1 fully saturated rings. The van der Waals surface area contributed by atoms with Gasteiger partial charge in [-0.2, -0.15) is 0 Å². The molecule has 24 heavy (non-hydrogen) atoms. The molecule has 0 radical (unpaired) electrons. The number of nitrogens with zero attached hydrogens (tertiary/aromatic N) is 2. The predicted octanol–water partition coefficient (Wildman–Crippen LogP) is 3.48. The van der Waals surface area contributed by atoms with Crippen LogP contribution in [0.2, 0.25) is 10.0 Å². The molecule has 0 spiro atoms. The van der Waals surface area contributed by atoms with E-state index in [0.29, 0.717) is 42.0 Å². The zero-order valence-electron chi connectivity index (χ0n) is 12.8. The first-order valence-corrected chi connectivity index (χ1v) is 8.23. The molecule has 1 aromatic heterocycles. The van der Waals surface area contributed by atoms with Crippen LogP contribution < -0.4 is 4.74 Å². The van der Waals surface area contributed by atoms with Crippen molar-refractivity contribution in [3.63, 3.8) is 0 Å². The maximum atomic E-state index is 10.8. The Hall–Kier alpha value is -1.82. The molecule has 5 nitrogen and oxygen atoms in total. The summed E-state index contributed by atoms with van der Waals surface area (Å²) in [5, 5.41) is 9.88. The van der Waals surface area contributed by atoms with Crippen molar-refractivity contribution in [3.8, 4) is 5.75 Å². The van der Waals surface area contributed by atoms with Crippen LogP contribution in [0.4, 0.5) is 0 Å². The van der Waals surface area contributed by atoms with Crippen LogP contribution in [0, 0.1) is 5.92 Å². The molecule has 7 heteroatoms. The van der Waals surface area contributed by atoms with E-state index in [1.807, 2.05) is 18.2 Å². The number of halogens is 2. The van der Waals surface area contributed by atoms with Crippen LogP contribution in [-0.2, 0) is 17.9 Å². The van der Waals surface area contributed by atoms with Gasteiger partial charge in [0.1, 0.15) is 12.4 Å². The standard InChI is InChI=1S/C17H16Cl2N2O3/c18-15-4-1-11(5-16(15)19)10-24-14-3-2-13(20-6-14)9-21-7-12(8-21)17(22)23/h1-6,12H,7-10H2,(H,22,23). The van der Waals surface area contributed by atoms with E-state index >= 15 is 0 Å². The number of hydrogen-bond acceptors (Lipinski definition) is 4. The van der Waals surface area contributed by atoms with Crippen LogP contribution in [0.3, 0.4) is 0 Å². The number of likely N-dealkylation sites (tertiary alicyclic amines) is 1. The average molecular weight is 367 g/mol. The number of carbonyl (C=O) groups is 1. The van der Waals surface area contributed by atoms with Gasteiger partial charge in [0.15, 0.2) is 0 Å². The monoisotopic (exact) mass is 366 g/mol. The van der Waals surface area contributed by atoms with Crippen molar-refractivity contribution in [3.05, 3.63) is 57.8 Å². The summed E-state index contributed by atoms with van der Waals surface area (Å²) in [6, 6.07) is 9.11. The van der Waals surface area contributed by atoms with Crippen molar-refractivity contribution >= 4 is 29.2 Å². The quantitative estimate of drug-likeness (QED) is 0.847. The zero-order valence-corrected chi connectivity index (χ0v) is 14.3. The van der Waals surface area contributed by atoms with Crippen LogP contribution in [0.25, 0.3) is 0 Å². The summed E-state index contributed by atoms with van der Waals surface area (Å²) >= 11 is 11.9. The molecule has 0 amide bonds. The number of pyridine rings is 1. The number of benzene rings is 1. The third-order valence-electron chi connectivity index (χ3n) is 3.88. The largest absolute Gasteiger partial charge is 0.487 e. The van der Waals surface area contributed by atoms with Crippen LogP contribution in [0.15, 0.2) is 36.5 Å². The molecule has 1 aromatic carbocycles. The highest BCUT2D eigenvalue weighted by Crippen LogP contribution is 2.23. The Labute approximate surface area is 149 Å². The van der Waals surface area contributed by atoms with Crippen molar-refractivity contribution in [1.29, 1.82) is 0 Å². The fraction of sp³-hybridized carbons (Fsp3) is 0.294. The smallest absolute Gasteiger partial charge is 0.309 e. The summed E-state index contributed by atoms with van der Waals surface area (Å²) in [5.74, 6) is -0.319. The number of aliphatic carboxylic acids is 1. The second-order valence-corrected chi connectivity index (χ2v) is 6.57. The van der Waals surface area contributed by atoms with E-state index in [2.05, 4.69) is 9.88 Å². The van der Waals surface area contributed by atoms with Gasteiger partial charge in [0.05, 0.1) is 27.9 Å². The Morgan fingerprint density at radius 2 is 2.04 bits per heavy atom. The molecule has 0 atom stereocenters. The molecule has 0 unspecified atom stereocenters. The van der Waals surface area contributed by atoms with Crippen molar-refractivity contribution < 1.29 is 14.6 Å². The molecule has 1 saturated heterocycles. The van der Waals surface area contributed by atoms with Gasteiger partial charge < -0.3 is 9.84 Å². The molecule has 0 saturated carbocycles. The van der Waals surface area contributed by atoms with Gasteiger partial charge in [0.2, 0.25) is 0 Å². The molecule has 1 N–H and O–H groups in total. The van der Waals surface area contributed by atoms with E-state index in [9.17, 15) is 4.79 Å². The molecule has 126 valence electrons. The van der Waals surface area contributed by atoms with Gasteiger partial charge in [-0.1, -0.05) is 29.3 Å². The molecule has 0 aliphatic carbocycles. The maximum Gasteiger partial charge on any atom is 0.309 e. The van der Waals surface area contributed by atoms with Crippen LogP contribution in [-0.4, -0.2) is 34.0 Å². The number of hydrogen-bond donors (Lipinski definition) is 1. The lowest BCUT2D eigenvalue weighted by atomic mass is 10.0. The second kappa shape index (κ2) is 7.38. The second-order valence-electron chi connectivity index (χ2n) is 5.75. The van der Waals surface area contributed by atoms with Gasteiger partial charge >= 0.3 is 5.97 Å². The lowest BCUT2D eigenvalue weighted by Crippen LogP contribution is -2.49. The predicted molar refractivity (Wildman–Crippen MR) is 91.4 cm³/mol. The summed E-state index contributed by atoms with van der Waals surface area (Å²) in [4.78, 5) is 17.2. The summed E-state index contributed by atoms with van der Waals surface area (Å²) in [6.07, 6.45) is 1.67. The Morgan fingerprint density at radius 1 is 1.25 bits per heavy atom. The van der Waals surface area contributed by atoms with Crippen LogP contribution >= 0.6 is 23.2 Å². The number of rotatable bonds is 6. The maximum absolute atomic E-state index is 10.8. The van der Waals surface area contributed by atoms with Crippen LogP contribution in [0.5, 0.6) is 5.75 Å². The normalized spacial score (nSPS) is 15.1. The van der Waals surface area contributed by atoms with Crippen molar-refractivity contribution in [1.82, 2.24) is 9.88 Å². The van der Waals surface area contributed by atoms with Gasteiger partial charge in [0, 0.05) is 19.6 Å². The first-order valence-electron chi connectivity index (χ1n) is 7.48. The third-order valence-corrected chi connectivity index (χ3v) is 4.62. The highest BCUT2D eigenvalue weighted by molar-refractivity contribution is 6.42. The molecule has 2 heterocycles. The Bertz CT molecular complexity index is 731. The number of aromatic nitrogens is 1. The van der Waals surface area contributed by atoms with E-state index < -0.39 is 5.97 Å². The van der Waals surface area contributed by atoms with Crippen molar-refractivity contribution in [2.45, 2.75) is 13.2 Å². The molecule has 2 aromatic rings. The van der Waals surface area contributed by atoms with Gasteiger partial charge in [-0.3, -0.25) is 14.7 Å². The summed E-state index contributed by atoms with van der Waals surface area (Å²) in [7, 11) is 0. The molecule has 0 bridgehead atoms. The highest BCUT2D eigenvalue weighted by atomic mass is 35.5. The van der Waals surface area contributed by atoms with E-state index in [-0.39, 0.29) is 5.92 Å². The van der Waals surface area contributed by atoms with E-state index in [1.54, 1.807) is 18.3 Å². The Morgan fingerprint density at radius 3 is 2.67 bits per heavy atom. The molecule has 1 aliphatic rings. The van der Waals surface area contributed by atoms with Crippen LogP contribution in [0.1, 0.15) is 11.3 Å². The van der Waals surface area contributed by atoms with Gasteiger partial charge in [-0.25, -0.2) is 0 Å². The number of carboxylic acid groups (broad SMARTS) is 1. The van der Waals surface area contributed by atoms with Crippen molar-refractivity contribution in [2.24, 2.45) is 5.92 Å². The van der Waals surface area contributed by atoms with Gasteiger partial charge in [-0.05, 0) is 29.8 Å². The first kappa shape index (κ1) is 17.0. The first-order chi connectivity index (χ1) is 11.5. The SMILES string of the molecule is O=C(O)C1CN(Cc2ccc(OCc3ccc(Cl)c(Cl)c3)cn2)C1.